The molecule has 0 heterocycles. The third kappa shape index (κ3) is 3.63. The highest BCUT2D eigenvalue weighted by molar-refractivity contribution is 14.1. The van der Waals surface area contributed by atoms with Crippen LogP contribution >= 0.6 is 22.6 Å². The summed E-state index contributed by atoms with van der Waals surface area (Å²) < 4.78 is 10.8. The lowest BCUT2D eigenvalue weighted by Gasteiger charge is -2.03. The Balaban J connectivity index is 2.48. The van der Waals surface area contributed by atoms with Crippen LogP contribution < -0.4 is 0 Å². The van der Waals surface area contributed by atoms with Crippen LogP contribution in [0.1, 0.15) is 10.4 Å². The third-order valence-electron chi connectivity index (χ3n) is 1.60. The summed E-state index contributed by atoms with van der Waals surface area (Å²) in [5, 5.41) is 0. The van der Waals surface area contributed by atoms with E-state index in [0.29, 0.717) is 18.8 Å². The van der Waals surface area contributed by atoms with Gasteiger partial charge in [-0.15, -0.1) is 0 Å². The van der Waals surface area contributed by atoms with Gasteiger partial charge in [0.15, 0.2) is 0 Å². The lowest BCUT2D eigenvalue weighted by Crippen LogP contribution is -2.09. The number of halogens is 1. The van der Waals surface area contributed by atoms with Crippen molar-refractivity contribution in [1.29, 1.82) is 0 Å². The van der Waals surface area contributed by atoms with Crippen LogP contribution in [0.15, 0.2) is 24.3 Å². The first-order valence-electron chi connectivity index (χ1n) is 4.15. The van der Waals surface area contributed by atoms with E-state index >= 15 is 0 Å². The molecule has 4 heteroatoms. The van der Waals surface area contributed by atoms with Crippen LogP contribution in [0.25, 0.3) is 0 Å². The molecule has 0 radical (unpaired) electrons. The summed E-state index contributed by atoms with van der Waals surface area (Å²) in [5.74, 6) is -0.307. The van der Waals surface area contributed by atoms with Crippen LogP contribution in [0.4, 0.5) is 0 Å². The van der Waals surface area contributed by atoms with Crippen LogP contribution in [-0.2, 0) is 9.47 Å². The van der Waals surface area contributed by atoms with Crippen molar-refractivity contribution in [2.24, 2.45) is 0 Å². The molecule has 14 heavy (non-hydrogen) atoms. The summed E-state index contributed by atoms with van der Waals surface area (Å²) in [5.41, 5.74) is 0.571. The molecule has 1 aromatic carbocycles. The van der Waals surface area contributed by atoms with E-state index in [-0.39, 0.29) is 5.97 Å². The number of hydrogen-bond acceptors (Lipinski definition) is 3. The Hall–Kier alpha value is -0.620. The molecule has 3 nitrogen and oxygen atoms in total. The Kier molecular flexibility index (Phi) is 4.89. The van der Waals surface area contributed by atoms with E-state index in [2.05, 4.69) is 22.6 Å². The van der Waals surface area contributed by atoms with Gasteiger partial charge < -0.3 is 9.47 Å². The second-order valence-electron chi connectivity index (χ2n) is 2.64. The number of carbonyl (C=O) groups is 1. The van der Waals surface area contributed by atoms with Crippen molar-refractivity contribution in [2.45, 2.75) is 0 Å². The maximum atomic E-state index is 11.4. The van der Waals surface area contributed by atoms with E-state index in [9.17, 15) is 4.79 Å². The number of esters is 1. The molecule has 0 atom stereocenters. The molecule has 0 bridgehead atoms. The number of methoxy groups -OCH3 is 1. The van der Waals surface area contributed by atoms with Gasteiger partial charge in [-0.3, -0.25) is 0 Å². The van der Waals surface area contributed by atoms with E-state index in [4.69, 9.17) is 9.47 Å². The van der Waals surface area contributed by atoms with Crippen molar-refractivity contribution >= 4 is 28.6 Å². The topological polar surface area (TPSA) is 35.5 Å². The third-order valence-corrected chi connectivity index (χ3v) is 2.32. The van der Waals surface area contributed by atoms with E-state index in [0.717, 1.165) is 3.57 Å². The molecule has 76 valence electrons. The van der Waals surface area contributed by atoms with Crippen molar-refractivity contribution in [1.82, 2.24) is 0 Å². The van der Waals surface area contributed by atoms with Gasteiger partial charge in [-0.05, 0) is 46.9 Å². The molecule has 1 rings (SSSR count). The Morgan fingerprint density at radius 2 is 1.93 bits per heavy atom. The average molecular weight is 306 g/mol. The predicted octanol–water partition coefficient (Wildman–Crippen LogP) is 2.09. The van der Waals surface area contributed by atoms with E-state index in [1.807, 2.05) is 12.1 Å². The Morgan fingerprint density at radius 1 is 1.29 bits per heavy atom. The molecular weight excluding hydrogens is 295 g/mol. The summed E-state index contributed by atoms with van der Waals surface area (Å²) in [4.78, 5) is 11.4. The molecule has 0 aliphatic rings. The molecule has 0 unspecified atom stereocenters. The first-order valence-corrected chi connectivity index (χ1v) is 5.23. The van der Waals surface area contributed by atoms with Gasteiger partial charge in [-0.1, -0.05) is 0 Å². The van der Waals surface area contributed by atoms with Crippen LogP contribution in [0, 0.1) is 3.57 Å². The molecule has 0 aliphatic carbocycles. The number of benzene rings is 1. The first-order chi connectivity index (χ1) is 6.74. The lowest BCUT2D eigenvalue weighted by atomic mass is 10.2. The van der Waals surface area contributed by atoms with Gasteiger partial charge in [-0.2, -0.15) is 0 Å². The average Bonchev–Trinajstić information content (AvgIpc) is 2.19. The Bertz CT molecular complexity index is 295. The maximum absolute atomic E-state index is 11.4. The SMILES string of the molecule is COCCOC(=O)c1ccc(I)cc1. The van der Waals surface area contributed by atoms with Gasteiger partial charge >= 0.3 is 5.97 Å². The minimum Gasteiger partial charge on any atom is -0.460 e. The molecule has 0 aromatic heterocycles. The van der Waals surface area contributed by atoms with Gasteiger partial charge in [0.05, 0.1) is 12.2 Å². The van der Waals surface area contributed by atoms with Crippen LogP contribution in [0.3, 0.4) is 0 Å². The molecule has 1 aromatic rings. The summed E-state index contributed by atoms with van der Waals surface area (Å²) in [7, 11) is 1.57. The van der Waals surface area contributed by atoms with E-state index in [1.54, 1.807) is 19.2 Å². The minimum atomic E-state index is -0.307. The first kappa shape index (κ1) is 11.5. The highest BCUT2D eigenvalue weighted by Crippen LogP contribution is 2.07. The lowest BCUT2D eigenvalue weighted by molar-refractivity contribution is 0.0388. The quantitative estimate of drug-likeness (QED) is 0.485. The second-order valence-corrected chi connectivity index (χ2v) is 3.88. The number of hydrogen-bond donors (Lipinski definition) is 0. The molecule has 0 saturated heterocycles. The van der Waals surface area contributed by atoms with Crippen LogP contribution in [0.5, 0.6) is 0 Å². The normalized spacial score (nSPS) is 9.86. The molecule has 0 N–H and O–H groups in total. The highest BCUT2D eigenvalue weighted by atomic mass is 127. The molecule has 0 spiro atoms. The summed E-state index contributed by atoms with van der Waals surface area (Å²) >= 11 is 2.18. The monoisotopic (exact) mass is 306 g/mol. The Morgan fingerprint density at radius 3 is 2.50 bits per heavy atom. The van der Waals surface area contributed by atoms with Crippen molar-refractivity contribution in [2.75, 3.05) is 20.3 Å². The van der Waals surface area contributed by atoms with Gasteiger partial charge in [0.1, 0.15) is 6.61 Å². The Labute approximate surface area is 96.5 Å². The standard InChI is InChI=1S/C10H11IO3/c1-13-6-7-14-10(12)8-2-4-9(11)5-3-8/h2-5H,6-7H2,1H3. The molecule has 0 saturated carbocycles. The second kappa shape index (κ2) is 5.98. The fourth-order valence-electron chi connectivity index (χ4n) is 0.887. The maximum Gasteiger partial charge on any atom is 0.338 e. The molecule has 0 fully saturated rings. The smallest absolute Gasteiger partial charge is 0.338 e. The zero-order valence-electron chi connectivity index (χ0n) is 7.83. The number of carbonyl (C=O) groups excluding carboxylic acids is 1. The van der Waals surface area contributed by atoms with Gasteiger partial charge in [0.2, 0.25) is 0 Å². The van der Waals surface area contributed by atoms with Crippen molar-refractivity contribution < 1.29 is 14.3 Å². The number of ether oxygens (including phenoxy) is 2. The highest BCUT2D eigenvalue weighted by Gasteiger charge is 2.05. The van der Waals surface area contributed by atoms with Crippen LogP contribution in [-0.4, -0.2) is 26.3 Å². The fourth-order valence-corrected chi connectivity index (χ4v) is 1.25. The van der Waals surface area contributed by atoms with E-state index < -0.39 is 0 Å². The summed E-state index contributed by atoms with van der Waals surface area (Å²) in [6, 6.07) is 7.23. The molecule has 0 aliphatic heterocycles. The van der Waals surface area contributed by atoms with Crippen molar-refractivity contribution in [3.05, 3.63) is 33.4 Å². The largest absolute Gasteiger partial charge is 0.460 e. The zero-order valence-corrected chi connectivity index (χ0v) is 9.98. The van der Waals surface area contributed by atoms with E-state index in [1.165, 1.54) is 0 Å². The molecule has 0 amide bonds. The van der Waals surface area contributed by atoms with Gasteiger partial charge in [-0.25, -0.2) is 4.79 Å². The zero-order chi connectivity index (χ0) is 10.4. The summed E-state index contributed by atoms with van der Waals surface area (Å²) in [6.07, 6.45) is 0. The molecular formula is C10H11IO3. The van der Waals surface area contributed by atoms with Crippen molar-refractivity contribution in [3.63, 3.8) is 0 Å². The fraction of sp³-hybridized carbons (Fsp3) is 0.300. The van der Waals surface area contributed by atoms with Crippen molar-refractivity contribution in [3.8, 4) is 0 Å². The predicted molar refractivity (Wildman–Crippen MR) is 61.3 cm³/mol. The minimum absolute atomic E-state index is 0.293. The number of rotatable bonds is 4. The van der Waals surface area contributed by atoms with Gasteiger partial charge in [0, 0.05) is 10.7 Å². The van der Waals surface area contributed by atoms with Gasteiger partial charge in [0.25, 0.3) is 0 Å². The summed E-state index contributed by atoms with van der Waals surface area (Å²) in [6.45, 7) is 0.720. The van der Waals surface area contributed by atoms with Crippen LogP contribution in [0.2, 0.25) is 0 Å².